The first-order valence-electron chi connectivity index (χ1n) is 10.7. The van der Waals surface area contributed by atoms with Crippen LogP contribution in [0.1, 0.15) is 5.56 Å². The number of hydrogen-bond acceptors (Lipinski definition) is 0. The predicted molar refractivity (Wildman–Crippen MR) is 135 cm³/mol. The number of fused-ring (bicyclic) bond motifs is 2. The monoisotopic (exact) mass is 556 g/mol. The maximum absolute atomic E-state index is 2.28. The number of benzene rings is 4. The summed E-state index contributed by atoms with van der Waals surface area (Å²) < 4.78 is 0. The van der Waals surface area contributed by atoms with Crippen molar-refractivity contribution in [2.75, 3.05) is 0 Å². The third-order valence-corrected chi connectivity index (χ3v) is 5.88. The van der Waals surface area contributed by atoms with Crippen molar-refractivity contribution in [3.8, 4) is 22.3 Å². The summed E-state index contributed by atoms with van der Waals surface area (Å²) in [6, 6.07) is 44.9. The molecule has 0 unspecified atom stereocenters. The van der Waals surface area contributed by atoms with Gasteiger partial charge in [-0.2, -0.15) is 0 Å². The first-order chi connectivity index (χ1) is 15.3. The standard InChI is InChI=1S/C16H13.C15H11.2ClH.Zr/c1-12-15-10-6-5-9-14(15)11-16(12)13-7-3-2-4-8-13;1-2-6-12(7-3-1)15-10-13-8-4-5-9-14(13)11-15;;;/h2-11H,1H3;1-11H;2*1H;/q2*-1;;;+4/p-2. The molecule has 6 aromatic rings. The summed E-state index contributed by atoms with van der Waals surface area (Å²) in [6.45, 7) is 2.20. The van der Waals surface area contributed by atoms with Crippen LogP contribution in [0.15, 0.2) is 127 Å². The van der Waals surface area contributed by atoms with Gasteiger partial charge in [0, 0.05) is 0 Å². The second-order valence-electron chi connectivity index (χ2n) is 7.88. The average Bonchev–Trinajstić information content (AvgIpc) is 3.42. The van der Waals surface area contributed by atoms with Crippen LogP contribution in [0.3, 0.4) is 0 Å². The van der Waals surface area contributed by atoms with E-state index >= 15 is 0 Å². The second kappa shape index (κ2) is 12.9. The number of aryl methyl sites for hydroxylation is 1. The van der Waals surface area contributed by atoms with Crippen molar-refractivity contribution in [1.82, 2.24) is 0 Å². The Morgan fingerprint density at radius 3 is 1.71 bits per heavy atom. The Labute approximate surface area is 233 Å². The van der Waals surface area contributed by atoms with Crippen LogP contribution in [0.4, 0.5) is 0 Å². The van der Waals surface area contributed by atoms with Crippen molar-refractivity contribution in [2.24, 2.45) is 0 Å². The Kier molecular flexibility index (Phi) is 10.5. The summed E-state index contributed by atoms with van der Waals surface area (Å²) in [4.78, 5) is 0. The molecule has 166 valence electrons. The summed E-state index contributed by atoms with van der Waals surface area (Å²) in [6.07, 6.45) is 0. The normalized spacial score (nSPS) is 9.79. The molecule has 0 saturated carbocycles. The van der Waals surface area contributed by atoms with Gasteiger partial charge in [-0.15, -0.1) is 68.6 Å². The maximum Gasteiger partial charge on any atom is 4.00 e. The van der Waals surface area contributed by atoms with Crippen molar-refractivity contribution in [1.29, 1.82) is 0 Å². The molecule has 34 heavy (non-hydrogen) atoms. The van der Waals surface area contributed by atoms with E-state index in [1.165, 1.54) is 49.4 Å². The molecule has 0 bridgehead atoms. The Morgan fingerprint density at radius 1 is 0.559 bits per heavy atom. The van der Waals surface area contributed by atoms with Gasteiger partial charge in [-0.3, -0.25) is 0 Å². The Bertz CT molecular complexity index is 1400. The van der Waals surface area contributed by atoms with E-state index < -0.39 is 0 Å². The fourth-order valence-corrected chi connectivity index (χ4v) is 4.24. The summed E-state index contributed by atoms with van der Waals surface area (Å²) >= 11 is 0. The summed E-state index contributed by atoms with van der Waals surface area (Å²) in [5.74, 6) is 0. The zero-order chi connectivity index (χ0) is 21.0. The van der Waals surface area contributed by atoms with Crippen LogP contribution in [-0.2, 0) is 26.2 Å². The molecule has 0 aliphatic carbocycles. The molecule has 0 saturated heterocycles. The van der Waals surface area contributed by atoms with Crippen LogP contribution < -0.4 is 24.8 Å². The van der Waals surface area contributed by atoms with E-state index in [4.69, 9.17) is 0 Å². The molecule has 0 N–H and O–H groups in total. The number of halogens is 2. The van der Waals surface area contributed by atoms with Crippen LogP contribution in [0.2, 0.25) is 0 Å². The van der Waals surface area contributed by atoms with Crippen molar-refractivity contribution < 1.29 is 51.0 Å². The van der Waals surface area contributed by atoms with Crippen molar-refractivity contribution in [3.63, 3.8) is 0 Å². The number of hydrogen-bond donors (Lipinski definition) is 0. The quantitative estimate of drug-likeness (QED) is 0.287. The van der Waals surface area contributed by atoms with Gasteiger partial charge < -0.3 is 24.8 Å². The molecule has 0 heterocycles. The molecule has 0 aliphatic heterocycles. The average molecular weight is 559 g/mol. The van der Waals surface area contributed by atoms with Crippen molar-refractivity contribution >= 4 is 21.5 Å². The van der Waals surface area contributed by atoms with E-state index in [9.17, 15) is 0 Å². The minimum Gasteiger partial charge on any atom is -1.00 e. The van der Waals surface area contributed by atoms with Gasteiger partial charge in [0.25, 0.3) is 0 Å². The van der Waals surface area contributed by atoms with Crippen molar-refractivity contribution in [2.45, 2.75) is 6.92 Å². The van der Waals surface area contributed by atoms with E-state index in [1.54, 1.807) is 0 Å². The van der Waals surface area contributed by atoms with Gasteiger partial charge in [0.2, 0.25) is 0 Å². The first-order valence-corrected chi connectivity index (χ1v) is 10.7. The summed E-state index contributed by atoms with van der Waals surface area (Å²) in [7, 11) is 0. The largest absolute Gasteiger partial charge is 4.00 e. The summed E-state index contributed by atoms with van der Waals surface area (Å²) in [5, 5.41) is 5.33. The van der Waals surface area contributed by atoms with Crippen LogP contribution in [-0.4, -0.2) is 0 Å². The van der Waals surface area contributed by atoms with E-state index in [1.807, 2.05) is 6.07 Å². The molecule has 0 amide bonds. The summed E-state index contributed by atoms with van der Waals surface area (Å²) in [5.41, 5.74) is 6.62. The number of rotatable bonds is 2. The molecule has 0 radical (unpaired) electrons. The van der Waals surface area contributed by atoms with Crippen LogP contribution in [0.25, 0.3) is 43.8 Å². The minimum absolute atomic E-state index is 0. The fraction of sp³-hybridized carbons (Fsp3) is 0.0323. The van der Waals surface area contributed by atoms with Gasteiger partial charge in [-0.05, 0) is 0 Å². The van der Waals surface area contributed by atoms with E-state index in [-0.39, 0.29) is 51.0 Å². The first kappa shape index (κ1) is 27.8. The zero-order valence-corrected chi connectivity index (χ0v) is 22.9. The van der Waals surface area contributed by atoms with E-state index in [2.05, 4.69) is 128 Å². The smallest absolute Gasteiger partial charge is 1.00 e. The van der Waals surface area contributed by atoms with Crippen LogP contribution in [0, 0.1) is 6.92 Å². The molecule has 0 aliphatic rings. The Hall–Kier alpha value is -2.44. The Morgan fingerprint density at radius 2 is 1.09 bits per heavy atom. The van der Waals surface area contributed by atoms with Gasteiger partial charge in [-0.1, -0.05) is 115 Å². The minimum atomic E-state index is 0. The third-order valence-electron chi connectivity index (χ3n) is 5.88. The maximum atomic E-state index is 2.28. The SMILES string of the molecule is C[c-]1c(-c2ccccc2)cc2ccccc21.[Cl-].[Cl-].[Zr+4].c1ccc(-c2cc3ccccc3[cH-]2)cc1. The van der Waals surface area contributed by atoms with Gasteiger partial charge in [0.1, 0.15) is 0 Å². The predicted octanol–water partition coefficient (Wildman–Crippen LogP) is 2.77. The topological polar surface area (TPSA) is 0 Å². The Balaban J connectivity index is 0.000000221. The van der Waals surface area contributed by atoms with Gasteiger partial charge in [-0.25, -0.2) is 0 Å². The molecule has 0 nitrogen and oxygen atoms in total. The van der Waals surface area contributed by atoms with Crippen LogP contribution in [0.5, 0.6) is 0 Å². The molecular weight excluding hydrogens is 534 g/mol. The zero-order valence-electron chi connectivity index (χ0n) is 18.9. The fourth-order valence-electron chi connectivity index (χ4n) is 4.24. The second-order valence-corrected chi connectivity index (χ2v) is 7.88. The van der Waals surface area contributed by atoms with Gasteiger partial charge in [0.05, 0.1) is 0 Å². The molecule has 0 aromatic heterocycles. The van der Waals surface area contributed by atoms with Crippen LogP contribution >= 0.6 is 0 Å². The third kappa shape index (κ3) is 5.97. The molecule has 6 aromatic carbocycles. The van der Waals surface area contributed by atoms with Gasteiger partial charge >= 0.3 is 26.2 Å². The molecule has 3 heteroatoms. The van der Waals surface area contributed by atoms with E-state index in [0.717, 1.165) is 0 Å². The molecule has 0 atom stereocenters. The van der Waals surface area contributed by atoms with Gasteiger partial charge in [0.15, 0.2) is 0 Å². The van der Waals surface area contributed by atoms with E-state index in [0.29, 0.717) is 0 Å². The van der Waals surface area contributed by atoms with Crippen molar-refractivity contribution in [3.05, 3.63) is 133 Å². The molecule has 6 rings (SSSR count). The molecular formula is C31H24Cl2Zr. The molecule has 0 spiro atoms. The molecule has 0 fully saturated rings.